The van der Waals surface area contributed by atoms with Gasteiger partial charge in [-0.3, -0.25) is 0 Å². The Morgan fingerprint density at radius 1 is 1.33 bits per heavy atom. The summed E-state index contributed by atoms with van der Waals surface area (Å²) in [6.45, 7) is 0.854. The van der Waals surface area contributed by atoms with Crippen LogP contribution in [0.15, 0.2) is 18.2 Å². The van der Waals surface area contributed by atoms with Crippen molar-refractivity contribution in [1.29, 1.82) is 0 Å². The molecule has 1 heterocycles. The lowest BCUT2D eigenvalue weighted by atomic mass is 9.99. The average molecular weight is 263 g/mol. The molecule has 1 aromatic rings. The van der Waals surface area contributed by atoms with Crippen LogP contribution in [0.4, 0.5) is 0 Å². The van der Waals surface area contributed by atoms with Crippen molar-refractivity contribution >= 4 is 11.8 Å². The van der Waals surface area contributed by atoms with Crippen molar-refractivity contribution in [3.63, 3.8) is 0 Å². The first kappa shape index (κ1) is 12.5. The number of benzene rings is 1. The van der Waals surface area contributed by atoms with Gasteiger partial charge >= 0.3 is 0 Å². The lowest BCUT2D eigenvalue weighted by Crippen LogP contribution is -2.42. The number of thioether (sulfide) groups is 1. The Balaban J connectivity index is 1.64. The molecule has 3 rings (SSSR count). The molecule has 0 amide bonds. The van der Waals surface area contributed by atoms with E-state index < -0.39 is 0 Å². The van der Waals surface area contributed by atoms with Crippen LogP contribution in [0.5, 0.6) is 0 Å². The Hall–Kier alpha value is -0.510. The van der Waals surface area contributed by atoms with Gasteiger partial charge in [-0.1, -0.05) is 18.2 Å². The van der Waals surface area contributed by atoms with Gasteiger partial charge in [0, 0.05) is 17.5 Å². The van der Waals surface area contributed by atoms with Crippen molar-refractivity contribution in [3.8, 4) is 0 Å². The molecule has 2 nitrogen and oxygen atoms in total. The maximum atomic E-state index is 6.29. The fourth-order valence-corrected chi connectivity index (χ4v) is 3.87. The van der Waals surface area contributed by atoms with E-state index in [1.807, 2.05) is 11.8 Å². The van der Waals surface area contributed by atoms with Gasteiger partial charge in [0.25, 0.3) is 0 Å². The van der Waals surface area contributed by atoms with E-state index in [4.69, 9.17) is 10.5 Å². The van der Waals surface area contributed by atoms with E-state index in [2.05, 4.69) is 18.2 Å². The maximum absolute atomic E-state index is 6.29. The molecule has 2 N–H and O–H groups in total. The monoisotopic (exact) mass is 263 g/mol. The van der Waals surface area contributed by atoms with E-state index in [9.17, 15) is 0 Å². The van der Waals surface area contributed by atoms with Gasteiger partial charge in [-0.2, -0.15) is 11.8 Å². The number of hydrogen-bond donors (Lipinski definition) is 1. The minimum absolute atomic E-state index is 0.136. The normalized spacial score (nSPS) is 24.8. The number of nitrogens with two attached hydrogens (primary N) is 1. The van der Waals surface area contributed by atoms with Crippen LogP contribution in [-0.2, 0) is 24.0 Å². The highest BCUT2D eigenvalue weighted by Crippen LogP contribution is 2.24. The molecule has 1 aromatic carbocycles. The second-order valence-electron chi connectivity index (χ2n) is 5.31. The molecule has 0 bridgehead atoms. The predicted octanol–water partition coefficient (Wildman–Crippen LogP) is 2.18. The first-order valence-electron chi connectivity index (χ1n) is 6.88. The van der Waals surface area contributed by atoms with Gasteiger partial charge in [0.1, 0.15) is 0 Å². The summed E-state index contributed by atoms with van der Waals surface area (Å²) < 4.78 is 5.76. The minimum Gasteiger partial charge on any atom is -0.375 e. The summed E-state index contributed by atoms with van der Waals surface area (Å²) >= 11 is 1.96. The van der Waals surface area contributed by atoms with Crippen LogP contribution in [0.2, 0.25) is 0 Å². The highest BCUT2D eigenvalue weighted by molar-refractivity contribution is 7.99. The van der Waals surface area contributed by atoms with Crippen LogP contribution in [-0.4, -0.2) is 30.3 Å². The zero-order valence-electron chi connectivity index (χ0n) is 10.7. The van der Waals surface area contributed by atoms with E-state index in [0.717, 1.165) is 24.5 Å². The standard InChI is InChI=1S/C15H21NOS/c16-14(15-10-18-7-6-17-15)9-11-4-5-12-2-1-3-13(12)8-11/h4-5,8,14-15H,1-3,6-7,9-10,16H2. The van der Waals surface area contributed by atoms with Crippen LogP contribution < -0.4 is 5.73 Å². The minimum atomic E-state index is 0.136. The zero-order valence-corrected chi connectivity index (χ0v) is 11.5. The Bertz CT molecular complexity index is 415. The van der Waals surface area contributed by atoms with Gasteiger partial charge in [-0.25, -0.2) is 0 Å². The van der Waals surface area contributed by atoms with Gasteiger partial charge in [0.2, 0.25) is 0 Å². The maximum Gasteiger partial charge on any atom is 0.0819 e. The first-order chi connectivity index (χ1) is 8.83. The highest BCUT2D eigenvalue weighted by Gasteiger charge is 2.22. The molecular weight excluding hydrogens is 242 g/mol. The Morgan fingerprint density at radius 2 is 2.22 bits per heavy atom. The molecule has 1 aliphatic carbocycles. The van der Waals surface area contributed by atoms with E-state index in [1.54, 1.807) is 5.56 Å². The summed E-state index contributed by atoms with van der Waals surface area (Å²) in [6.07, 6.45) is 4.99. The molecule has 0 radical (unpaired) electrons. The average Bonchev–Trinajstić information content (AvgIpc) is 2.87. The summed E-state index contributed by atoms with van der Waals surface area (Å²) in [5, 5.41) is 0. The lowest BCUT2D eigenvalue weighted by Gasteiger charge is -2.27. The molecule has 1 aliphatic heterocycles. The SMILES string of the molecule is NC(Cc1ccc2c(c1)CCC2)C1CSCCO1. The lowest BCUT2D eigenvalue weighted by molar-refractivity contribution is 0.0572. The summed E-state index contributed by atoms with van der Waals surface area (Å²) in [6, 6.07) is 7.04. The second-order valence-corrected chi connectivity index (χ2v) is 6.46. The number of ether oxygens (including phenoxy) is 1. The van der Waals surface area contributed by atoms with E-state index in [0.29, 0.717) is 0 Å². The molecule has 3 heteroatoms. The van der Waals surface area contributed by atoms with E-state index in [-0.39, 0.29) is 12.1 Å². The number of aryl methyl sites for hydroxylation is 2. The van der Waals surface area contributed by atoms with Gasteiger partial charge in [-0.05, 0) is 42.4 Å². The predicted molar refractivity (Wildman–Crippen MR) is 77.2 cm³/mol. The third kappa shape index (κ3) is 2.73. The topological polar surface area (TPSA) is 35.2 Å². The summed E-state index contributed by atoms with van der Waals surface area (Å²) in [4.78, 5) is 0. The molecule has 2 unspecified atom stereocenters. The largest absolute Gasteiger partial charge is 0.375 e. The zero-order chi connectivity index (χ0) is 12.4. The van der Waals surface area contributed by atoms with Crippen molar-refractivity contribution in [3.05, 3.63) is 34.9 Å². The molecule has 1 saturated heterocycles. The van der Waals surface area contributed by atoms with Crippen LogP contribution in [0.3, 0.4) is 0 Å². The van der Waals surface area contributed by atoms with Crippen LogP contribution in [0, 0.1) is 0 Å². The van der Waals surface area contributed by atoms with Crippen molar-refractivity contribution in [2.24, 2.45) is 5.73 Å². The van der Waals surface area contributed by atoms with Crippen LogP contribution >= 0.6 is 11.8 Å². The fourth-order valence-electron chi connectivity index (χ4n) is 2.91. The van der Waals surface area contributed by atoms with Crippen LogP contribution in [0.25, 0.3) is 0 Å². The first-order valence-corrected chi connectivity index (χ1v) is 8.04. The summed E-state index contributed by atoms with van der Waals surface area (Å²) in [5.74, 6) is 2.16. The number of hydrogen-bond acceptors (Lipinski definition) is 3. The molecular formula is C15H21NOS. The number of fused-ring (bicyclic) bond motifs is 1. The van der Waals surface area contributed by atoms with Crippen LogP contribution in [0.1, 0.15) is 23.1 Å². The van der Waals surface area contributed by atoms with Gasteiger partial charge < -0.3 is 10.5 Å². The Kier molecular flexibility index (Phi) is 3.92. The van der Waals surface area contributed by atoms with Crippen molar-refractivity contribution in [1.82, 2.24) is 0 Å². The molecule has 1 fully saturated rings. The Morgan fingerprint density at radius 3 is 3.06 bits per heavy atom. The summed E-state index contributed by atoms with van der Waals surface area (Å²) in [5.41, 5.74) is 10.7. The fraction of sp³-hybridized carbons (Fsp3) is 0.600. The third-order valence-electron chi connectivity index (χ3n) is 3.95. The number of rotatable bonds is 3. The quantitative estimate of drug-likeness (QED) is 0.908. The third-order valence-corrected chi connectivity index (χ3v) is 4.97. The van der Waals surface area contributed by atoms with E-state index in [1.165, 1.54) is 30.4 Å². The van der Waals surface area contributed by atoms with Crippen molar-refractivity contribution in [2.75, 3.05) is 18.1 Å². The smallest absolute Gasteiger partial charge is 0.0819 e. The van der Waals surface area contributed by atoms with E-state index >= 15 is 0 Å². The highest BCUT2D eigenvalue weighted by atomic mass is 32.2. The second kappa shape index (κ2) is 5.64. The van der Waals surface area contributed by atoms with Crippen molar-refractivity contribution in [2.45, 2.75) is 37.8 Å². The molecule has 98 valence electrons. The molecule has 2 aliphatic rings. The van der Waals surface area contributed by atoms with Gasteiger partial charge in [-0.15, -0.1) is 0 Å². The molecule has 0 aromatic heterocycles. The Labute approximate surface area is 113 Å². The van der Waals surface area contributed by atoms with Gasteiger partial charge in [0.05, 0.1) is 12.7 Å². The molecule has 18 heavy (non-hydrogen) atoms. The molecule has 0 spiro atoms. The van der Waals surface area contributed by atoms with Crippen molar-refractivity contribution < 1.29 is 4.74 Å². The molecule has 0 saturated carbocycles. The molecule has 2 atom stereocenters. The van der Waals surface area contributed by atoms with Gasteiger partial charge in [0.15, 0.2) is 0 Å². The summed E-state index contributed by atoms with van der Waals surface area (Å²) in [7, 11) is 0.